The maximum atomic E-state index is 11.5. The fourth-order valence-corrected chi connectivity index (χ4v) is 5.74. The smallest absolute Gasteiger partial charge is 0.237 e. The molecule has 0 bridgehead atoms. The normalized spacial score (nSPS) is 15.2. The second-order valence-corrected chi connectivity index (χ2v) is 11.4. The standard InChI is InChI=1S/C32H35Cl2N7O4/c1-18(42)12-35-14-26-31(44-2)40-24(16-37-26)22-8-4-6-20(29(22)33)21-7-5-9-23(30(21)34)25-17-38-27(32(41-25)45-3)15-36-13-19-10-11-28(43)39-19/h4-9,16-19,35-36,42H,10-15H2,1-3H3,(H,39,43)/t18-,19+/m1/s1. The lowest BCUT2D eigenvalue weighted by molar-refractivity contribution is -0.119. The minimum atomic E-state index is -0.482. The van der Waals surface area contributed by atoms with Gasteiger partial charge >= 0.3 is 0 Å². The Bertz CT molecular complexity index is 1670. The molecule has 3 heterocycles. The predicted octanol–water partition coefficient (Wildman–Crippen LogP) is 4.43. The van der Waals surface area contributed by atoms with Gasteiger partial charge in [0.2, 0.25) is 17.7 Å². The molecule has 13 heteroatoms. The summed E-state index contributed by atoms with van der Waals surface area (Å²) in [6.07, 6.45) is 4.20. The molecule has 1 aliphatic rings. The number of carbonyl (C=O) groups excluding carboxylic acids is 1. The fraction of sp³-hybridized carbons (Fsp3) is 0.344. The van der Waals surface area contributed by atoms with E-state index >= 15 is 0 Å². The molecule has 236 valence electrons. The number of ether oxygens (including phenoxy) is 2. The zero-order chi connectivity index (χ0) is 31.9. The Hall–Kier alpha value is -3.87. The van der Waals surface area contributed by atoms with E-state index in [-0.39, 0.29) is 11.9 Å². The predicted molar refractivity (Wildman–Crippen MR) is 173 cm³/mol. The highest BCUT2D eigenvalue weighted by Crippen LogP contribution is 2.42. The van der Waals surface area contributed by atoms with Crippen LogP contribution in [0.25, 0.3) is 33.6 Å². The number of halogens is 2. The third-order valence-electron chi connectivity index (χ3n) is 7.35. The highest BCUT2D eigenvalue weighted by atomic mass is 35.5. The van der Waals surface area contributed by atoms with Crippen LogP contribution < -0.4 is 25.4 Å². The lowest BCUT2D eigenvalue weighted by Gasteiger charge is -2.15. The van der Waals surface area contributed by atoms with E-state index in [1.807, 2.05) is 36.4 Å². The molecule has 45 heavy (non-hydrogen) atoms. The van der Waals surface area contributed by atoms with Gasteiger partial charge in [0.1, 0.15) is 11.4 Å². The molecule has 0 unspecified atom stereocenters. The van der Waals surface area contributed by atoms with Crippen molar-refractivity contribution in [2.24, 2.45) is 0 Å². The Labute approximate surface area is 271 Å². The Morgan fingerprint density at radius 3 is 1.87 bits per heavy atom. The van der Waals surface area contributed by atoms with Gasteiger partial charge in [0.15, 0.2) is 0 Å². The summed E-state index contributed by atoms with van der Waals surface area (Å²) in [6.45, 7) is 3.59. The molecule has 2 aromatic carbocycles. The number of nitrogens with one attached hydrogen (secondary N) is 3. The first-order valence-corrected chi connectivity index (χ1v) is 15.3. The van der Waals surface area contributed by atoms with Crippen molar-refractivity contribution in [2.75, 3.05) is 27.3 Å². The van der Waals surface area contributed by atoms with Gasteiger partial charge < -0.3 is 30.5 Å². The van der Waals surface area contributed by atoms with Gasteiger partial charge in [-0.1, -0.05) is 59.6 Å². The first-order valence-electron chi connectivity index (χ1n) is 14.6. The lowest BCUT2D eigenvalue weighted by atomic mass is 9.98. The Kier molecular flexibility index (Phi) is 10.8. The van der Waals surface area contributed by atoms with E-state index in [9.17, 15) is 9.90 Å². The van der Waals surface area contributed by atoms with Crippen molar-refractivity contribution < 1.29 is 19.4 Å². The van der Waals surface area contributed by atoms with Gasteiger partial charge in [-0.2, -0.15) is 0 Å². The van der Waals surface area contributed by atoms with Crippen molar-refractivity contribution >= 4 is 29.1 Å². The van der Waals surface area contributed by atoms with Crippen molar-refractivity contribution in [2.45, 2.75) is 45.0 Å². The van der Waals surface area contributed by atoms with Crippen LogP contribution in [0.15, 0.2) is 48.8 Å². The average molecular weight is 653 g/mol. The molecule has 2 atom stereocenters. The van der Waals surface area contributed by atoms with Crippen LogP contribution in [0.4, 0.5) is 0 Å². The van der Waals surface area contributed by atoms with E-state index in [0.29, 0.717) is 99.4 Å². The van der Waals surface area contributed by atoms with E-state index in [1.54, 1.807) is 26.4 Å². The summed E-state index contributed by atoms with van der Waals surface area (Å²) in [5.74, 6) is 0.828. The molecule has 2 aromatic heterocycles. The number of aliphatic hydroxyl groups is 1. The lowest BCUT2D eigenvalue weighted by Crippen LogP contribution is -2.35. The van der Waals surface area contributed by atoms with Crippen molar-refractivity contribution in [1.29, 1.82) is 0 Å². The third-order valence-corrected chi connectivity index (χ3v) is 8.16. The number of carbonyl (C=O) groups is 1. The van der Waals surface area contributed by atoms with Gasteiger partial charge in [0, 0.05) is 60.9 Å². The summed E-state index contributed by atoms with van der Waals surface area (Å²) in [5, 5.41) is 19.8. The second kappa shape index (κ2) is 14.9. The molecule has 1 saturated heterocycles. The number of rotatable bonds is 13. The number of benzene rings is 2. The molecule has 4 N–H and O–H groups in total. The molecule has 1 aliphatic heterocycles. The zero-order valence-electron chi connectivity index (χ0n) is 25.2. The van der Waals surface area contributed by atoms with Gasteiger partial charge in [-0.05, 0) is 13.3 Å². The minimum absolute atomic E-state index is 0.0805. The number of methoxy groups -OCH3 is 2. The number of aliphatic hydroxyl groups excluding tert-OH is 1. The highest BCUT2D eigenvalue weighted by molar-refractivity contribution is 6.39. The molecular weight excluding hydrogens is 617 g/mol. The van der Waals surface area contributed by atoms with Crippen LogP contribution in [0.5, 0.6) is 11.8 Å². The summed E-state index contributed by atoms with van der Waals surface area (Å²) in [7, 11) is 3.08. The van der Waals surface area contributed by atoms with Gasteiger partial charge in [0.05, 0.1) is 54.2 Å². The summed E-state index contributed by atoms with van der Waals surface area (Å²) >= 11 is 14.0. The van der Waals surface area contributed by atoms with E-state index < -0.39 is 6.10 Å². The summed E-state index contributed by atoms with van der Waals surface area (Å²) in [6, 6.07) is 11.4. The molecule has 0 spiro atoms. The Morgan fingerprint density at radius 2 is 1.40 bits per heavy atom. The molecule has 0 radical (unpaired) electrons. The number of nitrogens with zero attached hydrogens (tertiary/aromatic N) is 4. The topological polar surface area (TPSA) is 143 Å². The molecule has 1 amide bonds. The summed E-state index contributed by atoms with van der Waals surface area (Å²) < 4.78 is 11.1. The van der Waals surface area contributed by atoms with Gasteiger partial charge in [-0.3, -0.25) is 14.8 Å². The maximum Gasteiger partial charge on any atom is 0.237 e. The first kappa shape index (κ1) is 32.5. The number of hydrogen-bond acceptors (Lipinski definition) is 10. The van der Waals surface area contributed by atoms with Crippen molar-refractivity contribution in [1.82, 2.24) is 35.9 Å². The zero-order valence-corrected chi connectivity index (χ0v) is 26.7. The van der Waals surface area contributed by atoms with Crippen LogP contribution in [-0.4, -0.2) is 70.4 Å². The van der Waals surface area contributed by atoms with Crippen LogP contribution in [0.2, 0.25) is 10.0 Å². The minimum Gasteiger partial charge on any atom is -0.480 e. The fourth-order valence-electron chi connectivity index (χ4n) is 5.09. The van der Waals surface area contributed by atoms with Crippen LogP contribution in [-0.2, 0) is 17.9 Å². The van der Waals surface area contributed by atoms with Crippen LogP contribution in [0, 0.1) is 0 Å². The Balaban J connectivity index is 1.39. The van der Waals surface area contributed by atoms with Gasteiger partial charge in [0.25, 0.3) is 0 Å². The Morgan fingerprint density at radius 1 is 0.889 bits per heavy atom. The number of aromatic nitrogens is 4. The molecule has 11 nitrogen and oxygen atoms in total. The van der Waals surface area contributed by atoms with Gasteiger partial charge in [-0.25, -0.2) is 9.97 Å². The average Bonchev–Trinajstić information content (AvgIpc) is 3.46. The second-order valence-electron chi connectivity index (χ2n) is 10.7. The molecular formula is C32H35Cl2N7O4. The largest absolute Gasteiger partial charge is 0.480 e. The highest BCUT2D eigenvalue weighted by Gasteiger charge is 2.21. The van der Waals surface area contributed by atoms with Crippen molar-refractivity contribution in [3.05, 3.63) is 70.2 Å². The van der Waals surface area contributed by atoms with E-state index in [2.05, 4.69) is 30.9 Å². The van der Waals surface area contributed by atoms with E-state index in [1.165, 1.54) is 7.11 Å². The molecule has 0 saturated carbocycles. The SMILES string of the molecule is COc1nc(-c2cccc(-c3cccc(-c4cnc(CNC[C@@H](C)O)c(OC)n4)c3Cl)c2Cl)cnc1CNC[C@@H]1CCC(=O)N1. The molecule has 4 aromatic rings. The summed E-state index contributed by atoms with van der Waals surface area (Å²) in [4.78, 5) is 30.0. The third kappa shape index (κ3) is 7.69. The summed E-state index contributed by atoms with van der Waals surface area (Å²) in [5.41, 5.74) is 5.12. The van der Waals surface area contributed by atoms with Crippen LogP contribution in [0.3, 0.4) is 0 Å². The molecule has 1 fully saturated rings. The van der Waals surface area contributed by atoms with Crippen LogP contribution in [0.1, 0.15) is 31.2 Å². The van der Waals surface area contributed by atoms with E-state index in [4.69, 9.17) is 37.7 Å². The molecule has 5 rings (SSSR count). The number of hydrogen-bond donors (Lipinski definition) is 4. The number of amides is 1. The van der Waals surface area contributed by atoms with Crippen molar-refractivity contribution in [3.63, 3.8) is 0 Å². The van der Waals surface area contributed by atoms with Gasteiger partial charge in [-0.15, -0.1) is 0 Å². The molecule has 0 aliphatic carbocycles. The maximum absolute atomic E-state index is 11.5. The monoisotopic (exact) mass is 651 g/mol. The quantitative estimate of drug-likeness (QED) is 0.164. The van der Waals surface area contributed by atoms with E-state index in [0.717, 1.165) is 6.42 Å². The van der Waals surface area contributed by atoms with Crippen molar-refractivity contribution in [3.8, 4) is 45.4 Å². The van der Waals surface area contributed by atoms with Crippen LogP contribution >= 0.6 is 23.2 Å². The first-order chi connectivity index (χ1) is 21.8.